The van der Waals surface area contributed by atoms with Crippen molar-refractivity contribution in [3.05, 3.63) is 58.5 Å². The molecule has 1 aromatic carbocycles. The molecule has 0 aliphatic heterocycles. The van der Waals surface area contributed by atoms with Crippen LogP contribution in [0.15, 0.2) is 36.4 Å². The number of hydrogen-bond donors (Lipinski definition) is 0. The van der Waals surface area contributed by atoms with Crippen LogP contribution in [0.5, 0.6) is 0 Å². The average molecular weight is 291 g/mol. The molecule has 0 aliphatic carbocycles. The summed E-state index contributed by atoms with van der Waals surface area (Å²) in [5.74, 6) is 0.507. The molecule has 0 bridgehead atoms. The lowest BCUT2D eigenvalue weighted by Gasteiger charge is -2.03. The van der Waals surface area contributed by atoms with Gasteiger partial charge in [0.1, 0.15) is 5.82 Å². The molecule has 0 saturated heterocycles. The minimum Gasteiger partial charge on any atom is -0.252 e. The number of fused-ring (bicyclic) bond motifs is 1. The number of pyridine rings is 1. The molecule has 2 heterocycles. The van der Waals surface area contributed by atoms with Crippen LogP contribution in [-0.4, -0.2) is 19.9 Å². The van der Waals surface area contributed by atoms with Crippen molar-refractivity contribution >= 4 is 34.1 Å². The van der Waals surface area contributed by atoms with Gasteiger partial charge in [-0.05, 0) is 35.3 Å². The van der Waals surface area contributed by atoms with E-state index in [9.17, 15) is 0 Å². The quantitative estimate of drug-likeness (QED) is 0.726. The van der Waals surface area contributed by atoms with Gasteiger partial charge in [0.25, 0.3) is 0 Å². The Hall–Kier alpha value is -1.78. The van der Waals surface area contributed by atoms with E-state index in [0.29, 0.717) is 12.2 Å². The molecule has 19 heavy (non-hydrogen) atoms. The molecule has 3 aromatic rings. The Labute approximate surface area is 119 Å². The maximum Gasteiger partial charge on any atom is 0.226 e. The molecule has 94 valence electrons. The van der Waals surface area contributed by atoms with Crippen LogP contribution in [0.3, 0.4) is 0 Å². The van der Waals surface area contributed by atoms with E-state index >= 15 is 0 Å². The summed E-state index contributed by atoms with van der Waals surface area (Å²) < 4.78 is 0. The minimum atomic E-state index is 0.0933. The molecular formula is C13H8Cl2N4. The van der Waals surface area contributed by atoms with E-state index in [0.717, 1.165) is 16.6 Å². The topological polar surface area (TPSA) is 51.6 Å². The number of benzene rings is 1. The molecule has 0 fully saturated rings. The molecule has 0 N–H and O–H groups in total. The number of nitrogens with zero attached hydrogens (tertiary/aromatic N) is 4. The third kappa shape index (κ3) is 2.80. The predicted octanol–water partition coefficient (Wildman–Crippen LogP) is 3.32. The maximum atomic E-state index is 5.74. The maximum absolute atomic E-state index is 5.74. The lowest BCUT2D eigenvalue weighted by molar-refractivity contribution is 0.903. The second-order valence-electron chi connectivity index (χ2n) is 3.96. The molecule has 0 saturated carbocycles. The van der Waals surface area contributed by atoms with Crippen LogP contribution in [0.2, 0.25) is 10.6 Å². The summed E-state index contributed by atoms with van der Waals surface area (Å²) in [7, 11) is 0. The zero-order valence-corrected chi connectivity index (χ0v) is 11.2. The van der Waals surface area contributed by atoms with E-state index in [2.05, 4.69) is 19.9 Å². The standard InChI is InChI=1S/C13H8Cl2N4/c14-12-17-11(18-13(15)19-12)7-9-6-5-8-3-1-2-4-10(8)16-9/h1-6H,7H2. The summed E-state index contributed by atoms with van der Waals surface area (Å²) in [5.41, 5.74) is 1.79. The van der Waals surface area contributed by atoms with Gasteiger partial charge in [-0.1, -0.05) is 24.3 Å². The predicted molar refractivity (Wildman–Crippen MR) is 74.4 cm³/mol. The second-order valence-corrected chi connectivity index (χ2v) is 4.64. The zero-order chi connectivity index (χ0) is 13.2. The fraction of sp³-hybridized carbons (Fsp3) is 0.0769. The SMILES string of the molecule is Clc1nc(Cl)nc(Cc2ccc3ccccc3n2)n1. The van der Waals surface area contributed by atoms with Crippen molar-refractivity contribution in [3.63, 3.8) is 0 Å². The Morgan fingerprint density at radius 3 is 2.32 bits per heavy atom. The van der Waals surface area contributed by atoms with Crippen LogP contribution >= 0.6 is 23.2 Å². The molecule has 0 unspecified atom stereocenters. The summed E-state index contributed by atoms with van der Waals surface area (Å²) >= 11 is 11.5. The number of aromatic nitrogens is 4. The van der Waals surface area contributed by atoms with Gasteiger partial charge in [0.15, 0.2) is 0 Å². The first kappa shape index (κ1) is 12.3. The molecule has 0 radical (unpaired) electrons. The fourth-order valence-electron chi connectivity index (χ4n) is 1.81. The summed E-state index contributed by atoms with van der Waals surface area (Å²) in [4.78, 5) is 16.3. The summed E-state index contributed by atoms with van der Waals surface area (Å²) in [5, 5.41) is 1.28. The van der Waals surface area contributed by atoms with Crippen molar-refractivity contribution in [1.82, 2.24) is 19.9 Å². The van der Waals surface area contributed by atoms with E-state index in [4.69, 9.17) is 23.2 Å². The highest BCUT2D eigenvalue weighted by molar-refractivity contribution is 6.31. The highest BCUT2D eigenvalue weighted by Gasteiger charge is 2.06. The highest BCUT2D eigenvalue weighted by atomic mass is 35.5. The van der Waals surface area contributed by atoms with Crippen LogP contribution in [0.25, 0.3) is 10.9 Å². The van der Waals surface area contributed by atoms with Crippen molar-refractivity contribution in [1.29, 1.82) is 0 Å². The smallest absolute Gasteiger partial charge is 0.226 e. The van der Waals surface area contributed by atoms with E-state index in [1.807, 2.05) is 36.4 Å². The van der Waals surface area contributed by atoms with Gasteiger partial charge < -0.3 is 0 Å². The molecule has 4 nitrogen and oxygen atoms in total. The van der Waals surface area contributed by atoms with Gasteiger partial charge in [-0.15, -0.1) is 0 Å². The Kier molecular flexibility index (Phi) is 3.27. The molecule has 6 heteroatoms. The van der Waals surface area contributed by atoms with Crippen LogP contribution in [0.1, 0.15) is 11.5 Å². The summed E-state index contributed by atoms with van der Waals surface area (Å²) in [6, 6.07) is 11.9. The van der Waals surface area contributed by atoms with Gasteiger partial charge in [0.05, 0.1) is 11.9 Å². The van der Waals surface area contributed by atoms with E-state index in [1.54, 1.807) is 0 Å². The van der Waals surface area contributed by atoms with Crippen molar-refractivity contribution in [2.45, 2.75) is 6.42 Å². The second kappa shape index (κ2) is 5.07. The van der Waals surface area contributed by atoms with E-state index in [-0.39, 0.29) is 10.6 Å². The Morgan fingerprint density at radius 1 is 0.789 bits per heavy atom. The third-order valence-electron chi connectivity index (χ3n) is 2.62. The van der Waals surface area contributed by atoms with Crippen LogP contribution in [0.4, 0.5) is 0 Å². The minimum absolute atomic E-state index is 0.0933. The van der Waals surface area contributed by atoms with Crippen molar-refractivity contribution < 1.29 is 0 Å². The van der Waals surface area contributed by atoms with Gasteiger partial charge in [-0.2, -0.15) is 4.98 Å². The van der Waals surface area contributed by atoms with E-state index < -0.39 is 0 Å². The van der Waals surface area contributed by atoms with Gasteiger partial charge in [-0.3, -0.25) is 4.98 Å². The molecule has 0 atom stereocenters. The Bertz CT molecular complexity index is 725. The Balaban J connectivity index is 1.96. The molecule has 3 rings (SSSR count). The number of halogens is 2. The summed E-state index contributed by atoms with van der Waals surface area (Å²) in [6.07, 6.45) is 0.465. The largest absolute Gasteiger partial charge is 0.252 e. The van der Waals surface area contributed by atoms with Gasteiger partial charge in [0.2, 0.25) is 10.6 Å². The zero-order valence-electron chi connectivity index (χ0n) is 9.72. The molecule has 2 aromatic heterocycles. The van der Waals surface area contributed by atoms with Crippen molar-refractivity contribution in [3.8, 4) is 0 Å². The number of para-hydroxylation sites is 1. The monoisotopic (exact) mass is 290 g/mol. The lowest BCUT2D eigenvalue weighted by atomic mass is 10.2. The van der Waals surface area contributed by atoms with Crippen LogP contribution < -0.4 is 0 Å². The molecule has 0 spiro atoms. The first-order valence-corrected chi connectivity index (χ1v) is 6.37. The molecule has 0 aliphatic rings. The van der Waals surface area contributed by atoms with Crippen LogP contribution in [-0.2, 0) is 6.42 Å². The van der Waals surface area contributed by atoms with Crippen LogP contribution in [0, 0.1) is 0 Å². The number of rotatable bonds is 2. The highest BCUT2D eigenvalue weighted by Crippen LogP contribution is 2.14. The first-order chi connectivity index (χ1) is 9.20. The molecule has 0 amide bonds. The van der Waals surface area contributed by atoms with Crippen molar-refractivity contribution in [2.75, 3.05) is 0 Å². The normalized spacial score (nSPS) is 10.8. The van der Waals surface area contributed by atoms with E-state index in [1.165, 1.54) is 0 Å². The van der Waals surface area contributed by atoms with Gasteiger partial charge >= 0.3 is 0 Å². The number of hydrogen-bond acceptors (Lipinski definition) is 4. The van der Waals surface area contributed by atoms with Gasteiger partial charge in [-0.25, -0.2) is 9.97 Å². The third-order valence-corrected chi connectivity index (χ3v) is 2.96. The first-order valence-electron chi connectivity index (χ1n) is 5.61. The summed E-state index contributed by atoms with van der Waals surface area (Å²) in [6.45, 7) is 0. The lowest BCUT2D eigenvalue weighted by Crippen LogP contribution is -2.01. The molecular weight excluding hydrogens is 283 g/mol. The van der Waals surface area contributed by atoms with Gasteiger partial charge in [0, 0.05) is 11.1 Å². The fourth-order valence-corrected chi connectivity index (χ4v) is 2.21. The average Bonchev–Trinajstić information content (AvgIpc) is 2.37. The van der Waals surface area contributed by atoms with Crippen molar-refractivity contribution in [2.24, 2.45) is 0 Å². The Morgan fingerprint density at radius 2 is 1.53 bits per heavy atom.